The molecule has 1 rings (SSSR count). The van der Waals surface area contributed by atoms with Crippen LogP contribution < -0.4 is 0 Å². The zero-order valence-corrected chi connectivity index (χ0v) is 10.5. The van der Waals surface area contributed by atoms with Crippen molar-refractivity contribution in [1.29, 1.82) is 5.26 Å². The Kier molecular flexibility index (Phi) is 4.31. The van der Waals surface area contributed by atoms with E-state index >= 15 is 0 Å². The van der Waals surface area contributed by atoms with E-state index in [0.29, 0.717) is 11.8 Å². The molecule has 1 nitrogen and oxygen atoms in total. The summed E-state index contributed by atoms with van der Waals surface area (Å²) in [6.07, 6.45) is 1.65. The topological polar surface area (TPSA) is 23.8 Å². The van der Waals surface area contributed by atoms with Gasteiger partial charge in [-0.1, -0.05) is 52.0 Å². The largest absolute Gasteiger partial charge is 0.193 e. The van der Waals surface area contributed by atoms with Crippen LogP contribution in [0.25, 0.3) is 5.57 Å². The number of nitriles is 1. The molecule has 0 saturated carbocycles. The number of rotatable bonds is 3. The summed E-state index contributed by atoms with van der Waals surface area (Å²) in [5.74, 6) is 0.932. The molecule has 1 heteroatoms. The fourth-order valence-electron chi connectivity index (χ4n) is 1.71. The summed E-state index contributed by atoms with van der Waals surface area (Å²) in [4.78, 5) is 0. The number of hydrogen-bond acceptors (Lipinski definition) is 1. The zero-order valence-electron chi connectivity index (χ0n) is 10.5. The summed E-state index contributed by atoms with van der Waals surface area (Å²) in [6, 6.07) is 10.6. The number of hydrogen-bond donors (Lipinski definition) is 0. The number of allylic oxidation sites excluding steroid dienone is 2. The third-order valence-corrected chi connectivity index (χ3v) is 2.75. The lowest BCUT2D eigenvalue weighted by atomic mass is 9.93. The van der Waals surface area contributed by atoms with E-state index in [1.165, 1.54) is 5.56 Å². The molecule has 0 aliphatic heterocycles. The van der Waals surface area contributed by atoms with E-state index in [9.17, 15) is 0 Å². The van der Waals surface area contributed by atoms with E-state index < -0.39 is 0 Å². The van der Waals surface area contributed by atoms with Gasteiger partial charge < -0.3 is 0 Å². The Hall–Kier alpha value is -1.55. The summed E-state index contributed by atoms with van der Waals surface area (Å²) < 4.78 is 0. The summed E-state index contributed by atoms with van der Waals surface area (Å²) in [7, 11) is 0. The molecule has 0 aliphatic rings. The number of benzene rings is 1. The molecule has 1 aromatic carbocycles. The maximum atomic E-state index is 8.76. The highest BCUT2D eigenvalue weighted by Gasteiger charge is 2.06. The number of nitrogens with zero attached hydrogens (tertiary/aromatic N) is 1. The van der Waals surface area contributed by atoms with Crippen molar-refractivity contribution in [3.63, 3.8) is 0 Å². The maximum absolute atomic E-state index is 8.76. The molecule has 0 bridgehead atoms. The van der Waals surface area contributed by atoms with Gasteiger partial charge in [-0.3, -0.25) is 0 Å². The minimum Gasteiger partial charge on any atom is -0.193 e. The predicted octanol–water partition coefficient (Wildman–Crippen LogP) is 4.37. The van der Waals surface area contributed by atoms with Crippen LogP contribution in [0.2, 0.25) is 0 Å². The summed E-state index contributed by atoms with van der Waals surface area (Å²) >= 11 is 0. The average molecular weight is 213 g/mol. The van der Waals surface area contributed by atoms with Crippen LogP contribution in [-0.4, -0.2) is 0 Å². The molecule has 0 unspecified atom stereocenters. The second-order valence-corrected chi connectivity index (χ2v) is 4.66. The first-order valence-electron chi connectivity index (χ1n) is 5.76. The first kappa shape index (κ1) is 12.5. The molecule has 1 aromatic rings. The zero-order chi connectivity index (χ0) is 12.1. The predicted molar refractivity (Wildman–Crippen MR) is 69.0 cm³/mol. The second kappa shape index (κ2) is 5.51. The van der Waals surface area contributed by atoms with Gasteiger partial charge in [-0.05, 0) is 28.5 Å². The molecule has 0 aromatic heterocycles. The van der Waals surface area contributed by atoms with Crippen LogP contribution in [0.5, 0.6) is 0 Å². The molecule has 0 saturated heterocycles. The lowest BCUT2D eigenvalue weighted by Gasteiger charge is -2.12. The Morgan fingerprint density at radius 2 is 1.69 bits per heavy atom. The van der Waals surface area contributed by atoms with E-state index in [4.69, 9.17) is 5.26 Å². The van der Waals surface area contributed by atoms with Crippen molar-refractivity contribution in [1.82, 2.24) is 0 Å². The van der Waals surface area contributed by atoms with E-state index in [1.54, 1.807) is 6.08 Å². The van der Waals surface area contributed by atoms with Gasteiger partial charge in [-0.25, -0.2) is 0 Å². The minimum absolute atomic E-state index is 0.379. The van der Waals surface area contributed by atoms with Crippen molar-refractivity contribution < 1.29 is 0 Å². The summed E-state index contributed by atoms with van der Waals surface area (Å²) in [5, 5.41) is 8.76. The molecule has 0 radical (unpaired) electrons. The van der Waals surface area contributed by atoms with Gasteiger partial charge in [0.2, 0.25) is 0 Å². The van der Waals surface area contributed by atoms with Crippen LogP contribution in [-0.2, 0) is 0 Å². The van der Waals surface area contributed by atoms with Gasteiger partial charge in [-0.2, -0.15) is 5.26 Å². The molecule has 0 N–H and O–H groups in total. The lowest BCUT2D eigenvalue weighted by molar-refractivity contribution is 0.851. The van der Waals surface area contributed by atoms with Crippen molar-refractivity contribution in [3.8, 4) is 6.07 Å². The van der Waals surface area contributed by atoms with E-state index in [2.05, 4.69) is 58.0 Å². The molecule has 0 atom stereocenters. The third-order valence-electron chi connectivity index (χ3n) is 2.75. The van der Waals surface area contributed by atoms with Crippen LogP contribution in [0, 0.1) is 17.2 Å². The highest BCUT2D eigenvalue weighted by Crippen LogP contribution is 2.24. The lowest BCUT2D eigenvalue weighted by Crippen LogP contribution is -1.94. The standard InChI is InChI=1S/C15H19N/c1-11(2)13-5-7-14(8-6-13)15(9-10-16)12(3)4/h5-9,11-12H,1-4H3/b15-9-. The molecule has 0 spiro atoms. The van der Waals surface area contributed by atoms with Crippen LogP contribution in [0.4, 0.5) is 0 Å². The minimum atomic E-state index is 0.379. The average Bonchev–Trinajstić information content (AvgIpc) is 2.25. The SMILES string of the molecule is CC(C)/C(=C/C#N)c1ccc(C(C)C)cc1. The smallest absolute Gasteiger partial charge is 0.0915 e. The highest BCUT2D eigenvalue weighted by molar-refractivity contribution is 5.69. The molecule has 0 heterocycles. The Balaban J connectivity index is 3.05. The molecule has 16 heavy (non-hydrogen) atoms. The van der Waals surface area contributed by atoms with Gasteiger partial charge in [0.1, 0.15) is 0 Å². The van der Waals surface area contributed by atoms with Gasteiger partial charge in [0.25, 0.3) is 0 Å². The monoisotopic (exact) mass is 213 g/mol. The van der Waals surface area contributed by atoms with E-state index in [-0.39, 0.29) is 0 Å². The van der Waals surface area contributed by atoms with Gasteiger partial charge in [-0.15, -0.1) is 0 Å². The van der Waals surface area contributed by atoms with Crippen molar-refractivity contribution in [2.24, 2.45) is 5.92 Å². The van der Waals surface area contributed by atoms with Crippen molar-refractivity contribution in [2.45, 2.75) is 33.6 Å². The summed E-state index contributed by atoms with van der Waals surface area (Å²) in [6.45, 7) is 8.59. The maximum Gasteiger partial charge on any atom is 0.0915 e. The molecule has 0 fully saturated rings. The van der Waals surface area contributed by atoms with Gasteiger partial charge in [0, 0.05) is 6.08 Å². The van der Waals surface area contributed by atoms with Crippen LogP contribution in [0.15, 0.2) is 30.3 Å². The van der Waals surface area contributed by atoms with Crippen LogP contribution in [0.3, 0.4) is 0 Å². The first-order chi connectivity index (χ1) is 7.56. The van der Waals surface area contributed by atoms with Crippen molar-refractivity contribution in [2.75, 3.05) is 0 Å². The molecular formula is C15H19N. The van der Waals surface area contributed by atoms with Gasteiger partial charge in [0.05, 0.1) is 6.07 Å². The van der Waals surface area contributed by atoms with E-state index in [1.807, 2.05) is 0 Å². The van der Waals surface area contributed by atoms with Crippen LogP contribution in [0.1, 0.15) is 44.7 Å². The normalized spacial score (nSPS) is 11.9. The molecule has 0 amide bonds. The molecule has 0 aliphatic carbocycles. The fraction of sp³-hybridized carbons (Fsp3) is 0.400. The third kappa shape index (κ3) is 2.97. The Morgan fingerprint density at radius 1 is 1.12 bits per heavy atom. The first-order valence-corrected chi connectivity index (χ1v) is 5.76. The molecular weight excluding hydrogens is 194 g/mol. The van der Waals surface area contributed by atoms with Crippen molar-refractivity contribution >= 4 is 5.57 Å². The fourth-order valence-corrected chi connectivity index (χ4v) is 1.71. The van der Waals surface area contributed by atoms with Gasteiger partial charge >= 0.3 is 0 Å². The Bertz CT molecular complexity index is 402. The Morgan fingerprint density at radius 3 is 2.06 bits per heavy atom. The van der Waals surface area contributed by atoms with Crippen LogP contribution >= 0.6 is 0 Å². The summed E-state index contributed by atoms with van der Waals surface area (Å²) in [5.41, 5.74) is 3.60. The second-order valence-electron chi connectivity index (χ2n) is 4.66. The van der Waals surface area contributed by atoms with E-state index in [0.717, 1.165) is 11.1 Å². The quantitative estimate of drug-likeness (QED) is 0.684. The Labute approximate surface area is 98.4 Å². The van der Waals surface area contributed by atoms with Gasteiger partial charge in [0.15, 0.2) is 0 Å². The van der Waals surface area contributed by atoms with Crippen molar-refractivity contribution in [3.05, 3.63) is 41.5 Å². The molecule has 84 valence electrons. The highest BCUT2D eigenvalue weighted by atomic mass is 14.2.